The van der Waals surface area contributed by atoms with Gasteiger partial charge in [0.15, 0.2) is 17.2 Å². The molecule has 0 saturated carbocycles. The molecule has 0 radical (unpaired) electrons. The maximum Gasteiger partial charge on any atom is 0.294 e. The number of nitrogens with one attached hydrogen (secondary N) is 1. The lowest BCUT2D eigenvalue weighted by Crippen LogP contribution is -2.46. The molecule has 2 aromatic carbocycles. The van der Waals surface area contributed by atoms with Crippen LogP contribution in [-0.2, 0) is 0 Å². The van der Waals surface area contributed by atoms with Crippen molar-refractivity contribution in [1.29, 1.82) is 0 Å². The van der Waals surface area contributed by atoms with Gasteiger partial charge in [0.25, 0.3) is 5.56 Å². The molecule has 38 heavy (non-hydrogen) atoms. The number of hydrogen-bond acceptors (Lipinski definition) is 12. The highest BCUT2D eigenvalue weighted by molar-refractivity contribution is 7.17. The van der Waals surface area contributed by atoms with Crippen molar-refractivity contribution in [3.05, 3.63) is 27.9 Å². The second-order valence-corrected chi connectivity index (χ2v) is 10.0. The van der Waals surface area contributed by atoms with E-state index in [2.05, 4.69) is 14.8 Å². The van der Waals surface area contributed by atoms with Crippen molar-refractivity contribution in [3.8, 4) is 46.0 Å². The second kappa shape index (κ2) is 9.91. The molecule has 0 amide bonds. The Morgan fingerprint density at radius 1 is 0.868 bits per heavy atom. The van der Waals surface area contributed by atoms with Crippen LogP contribution in [-0.4, -0.2) is 85.0 Å². The number of benzene rings is 2. The molecule has 0 bridgehead atoms. The maximum absolute atomic E-state index is 11.7. The van der Waals surface area contributed by atoms with Crippen LogP contribution in [0.15, 0.2) is 22.3 Å². The summed E-state index contributed by atoms with van der Waals surface area (Å²) in [6.45, 7) is 3.83. The van der Waals surface area contributed by atoms with Crippen molar-refractivity contribution in [3.63, 3.8) is 0 Å². The Hall–Kier alpha value is -4.23. The minimum absolute atomic E-state index is 0.0568. The highest BCUT2D eigenvalue weighted by Crippen LogP contribution is 2.52. The van der Waals surface area contributed by atoms with Gasteiger partial charge in [-0.15, -0.1) is 11.3 Å². The number of ether oxygens (including phenoxy) is 1. The van der Waals surface area contributed by atoms with Gasteiger partial charge in [-0.2, -0.15) is 0 Å². The molecule has 5 rings (SSSR count). The van der Waals surface area contributed by atoms with E-state index < -0.39 is 45.4 Å². The first-order valence-corrected chi connectivity index (χ1v) is 12.8. The zero-order chi connectivity index (χ0) is 27.1. The van der Waals surface area contributed by atoms with Gasteiger partial charge in [-0.25, -0.2) is 0 Å². The van der Waals surface area contributed by atoms with Crippen LogP contribution in [0.25, 0.3) is 21.0 Å². The molecule has 13 heteroatoms. The van der Waals surface area contributed by atoms with Gasteiger partial charge in [-0.3, -0.25) is 9.69 Å². The summed E-state index contributed by atoms with van der Waals surface area (Å²) < 4.78 is 6.24. The third-order valence-corrected chi connectivity index (χ3v) is 7.70. The van der Waals surface area contributed by atoms with Gasteiger partial charge < -0.3 is 50.4 Å². The fraction of sp³-hybridized carbons (Fsp3) is 0.320. The number of hydrogen-bond donors (Lipinski definition) is 8. The Morgan fingerprint density at radius 3 is 2.32 bits per heavy atom. The van der Waals surface area contributed by atoms with E-state index in [0.29, 0.717) is 19.5 Å². The minimum Gasteiger partial charge on any atom is -0.506 e. The van der Waals surface area contributed by atoms with Gasteiger partial charge >= 0.3 is 0 Å². The molecule has 12 nitrogen and oxygen atoms in total. The van der Waals surface area contributed by atoms with Crippen molar-refractivity contribution < 1.29 is 40.5 Å². The average molecular weight is 546 g/mol. The molecule has 0 spiro atoms. The number of aromatic nitrogens is 1. The first-order chi connectivity index (χ1) is 18.2. The molecule has 202 valence electrons. The lowest BCUT2D eigenvalue weighted by molar-refractivity contribution is 0.232. The molecule has 1 aliphatic rings. The smallest absolute Gasteiger partial charge is 0.294 e. The predicted octanol–water partition coefficient (Wildman–Crippen LogP) is 2.66. The van der Waals surface area contributed by atoms with E-state index in [1.165, 1.54) is 17.4 Å². The van der Waals surface area contributed by atoms with Crippen molar-refractivity contribution in [2.45, 2.75) is 12.8 Å². The fourth-order valence-corrected chi connectivity index (χ4v) is 5.62. The SMILES string of the molecule is O=c1[nH]c2c(O)c(OCCCCN3CCN(c4c(O)cc(O)c5sccc45)CC3)c(O)c(O)c2c(O)c1O. The van der Waals surface area contributed by atoms with E-state index in [1.54, 1.807) is 0 Å². The first kappa shape index (κ1) is 25.4. The summed E-state index contributed by atoms with van der Waals surface area (Å²) in [6, 6.07) is 3.28. The second-order valence-electron chi connectivity index (χ2n) is 9.09. The number of phenolic OH excluding ortho intramolecular Hbond substituents is 5. The molecule has 0 aliphatic carbocycles. The number of unbranched alkanes of at least 4 members (excludes halogenated alkanes) is 1. The molecule has 1 aliphatic heterocycles. The summed E-state index contributed by atoms with van der Waals surface area (Å²) >= 11 is 1.43. The van der Waals surface area contributed by atoms with Gasteiger partial charge in [-0.05, 0) is 30.8 Å². The molecular formula is C25H27N3O9S. The largest absolute Gasteiger partial charge is 0.506 e. The van der Waals surface area contributed by atoms with Gasteiger partial charge in [0.2, 0.25) is 17.2 Å². The molecular weight excluding hydrogens is 518 g/mol. The lowest BCUT2D eigenvalue weighted by Gasteiger charge is -2.36. The van der Waals surface area contributed by atoms with Crippen LogP contribution < -0.4 is 15.2 Å². The summed E-state index contributed by atoms with van der Waals surface area (Å²) in [4.78, 5) is 18.3. The molecule has 1 saturated heterocycles. The standard InChI is InChI=1S/C25H27N3O9S/c29-13-11-14(30)24-12(3-10-38-24)17(13)28-7-5-27(6-8-28)4-1-2-9-37-23-20(33)16-15(18(31)21(23)34)19(32)22(35)25(36)26-16/h3,10-11,29-31,33-35H,1-2,4-9H2,(H2,26,32,36). The zero-order valence-electron chi connectivity index (χ0n) is 20.1. The molecule has 3 heterocycles. The van der Waals surface area contributed by atoms with Crippen LogP contribution in [0.1, 0.15) is 12.8 Å². The van der Waals surface area contributed by atoms with Crippen LogP contribution in [0.4, 0.5) is 5.69 Å². The number of aromatic hydroxyl groups is 7. The summed E-state index contributed by atoms with van der Waals surface area (Å²) in [5, 5.41) is 73.3. The number of phenols is 5. The normalized spacial score (nSPS) is 14.5. The Labute approximate surface area is 219 Å². The first-order valence-electron chi connectivity index (χ1n) is 12.0. The zero-order valence-corrected chi connectivity index (χ0v) is 21.0. The molecule has 2 aromatic heterocycles. The number of anilines is 1. The highest BCUT2D eigenvalue weighted by atomic mass is 32.1. The van der Waals surface area contributed by atoms with Crippen molar-refractivity contribution >= 4 is 38.0 Å². The van der Waals surface area contributed by atoms with E-state index in [1.807, 2.05) is 11.4 Å². The molecule has 8 N–H and O–H groups in total. The van der Waals surface area contributed by atoms with Gasteiger partial charge in [-0.1, -0.05) is 0 Å². The Kier molecular flexibility index (Phi) is 6.63. The van der Waals surface area contributed by atoms with Crippen LogP contribution in [0.3, 0.4) is 0 Å². The topological polar surface area (TPSA) is 190 Å². The van der Waals surface area contributed by atoms with Crippen LogP contribution in [0, 0.1) is 0 Å². The summed E-state index contributed by atoms with van der Waals surface area (Å²) in [7, 11) is 0. The molecule has 0 atom stereocenters. The summed E-state index contributed by atoms with van der Waals surface area (Å²) in [5.41, 5.74) is -0.732. The number of piperazine rings is 1. The molecule has 4 aromatic rings. The average Bonchev–Trinajstić information content (AvgIpc) is 3.38. The van der Waals surface area contributed by atoms with E-state index in [9.17, 15) is 40.5 Å². The van der Waals surface area contributed by atoms with Gasteiger partial charge in [0, 0.05) is 37.6 Å². The summed E-state index contributed by atoms with van der Waals surface area (Å²) in [5.74, 6) is -4.71. The van der Waals surface area contributed by atoms with Crippen molar-refractivity contribution in [1.82, 2.24) is 9.88 Å². The Bertz CT molecular complexity index is 1570. The fourth-order valence-electron chi connectivity index (χ4n) is 4.81. The molecule has 0 unspecified atom stereocenters. The van der Waals surface area contributed by atoms with Gasteiger partial charge in [0.1, 0.15) is 17.0 Å². The number of rotatable bonds is 7. The van der Waals surface area contributed by atoms with Crippen LogP contribution in [0.5, 0.6) is 46.0 Å². The number of nitrogens with zero attached hydrogens (tertiary/aromatic N) is 2. The monoisotopic (exact) mass is 545 g/mol. The third-order valence-electron chi connectivity index (χ3n) is 6.77. The Morgan fingerprint density at radius 2 is 1.58 bits per heavy atom. The Balaban J connectivity index is 1.16. The van der Waals surface area contributed by atoms with Gasteiger partial charge in [0.05, 0.1) is 22.4 Å². The quantitative estimate of drug-likeness (QED) is 0.0968. The van der Waals surface area contributed by atoms with Crippen molar-refractivity contribution in [2.24, 2.45) is 0 Å². The third kappa shape index (κ3) is 4.29. The summed E-state index contributed by atoms with van der Waals surface area (Å²) in [6.07, 6.45) is 1.30. The van der Waals surface area contributed by atoms with E-state index in [4.69, 9.17) is 4.74 Å². The van der Waals surface area contributed by atoms with Crippen molar-refractivity contribution in [2.75, 3.05) is 44.2 Å². The number of thiophene rings is 1. The number of H-pyrrole nitrogens is 1. The number of fused-ring (bicyclic) bond motifs is 2. The van der Waals surface area contributed by atoms with Crippen LogP contribution in [0.2, 0.25) is 0 Å². The van der Waals surface area contributed by atoms with E-state index >= 15 is 0 Å². The highest BCUT2D eigenvalue weighted by Gasteiger charge is 2.26. The molecule has 1 fully saturated rings. The van der Waals surface area contributed by atoms with Crippen LogP contribution >= 0.6 is 11.3 Å². The van der Waals surface area contributed by atoms with E-state index in [-0.39, 0.29) is 23.6 Å². The minimum atomic E-state index is -1.08. The van der Waals surface area contributed by atoms with E-state index in [0.717, 1.165) is 41.8 Å². The lowest BCUT2D eigenvalue weighted by atomic mass is 10.1. The maximum atomic E-state index is 11.7. The number of pyridine rings is 1. The number of aromatic amines is 1. The predicted molar refractivity (Wildman–Crippen MR) is 141 cm³/mol.